The van der Waals surface area contributed by atoms with Crippen molar-refractivity contribution in [2.75, 3.05) is 6.54 Å². The molecule has 0 saturated heterocycles. The van der Waals surface area contributed by atoms with E-state index >= 15 is 0 Å². The second-order valence-corrected chi connectivity index (χ2v) is 7.35. The Morgan fingerprint density at radius 2 is 1.75 bits per heavy atom. The first-order chi connectivity index (χ1) is 9.31. The van der Waals surface area contributed by atoms with Crippen molar-refractivity contribution in [1.29, 1.82) is 0 Å². The van der Waals surface area contributed by atoms with Gasteiger partial charge in [-0.2, -0.15) is 0 Å². The van der Waals surface area contributed by atoms with Crippen LogP contribution in [-0.4, -0.2) is 17.3 Å². The van der Waals surface area contributed by atoms with Crippen LogP contribution in [0.25, 0.3) is 0 Å². The second kappa shape index (κ2) is 5.87. The minimum atomic E-state index is -0.507. The average Bonchev–Trinajstić information content (AvgIpc) is 2.39. The minimum absolute atomic E-state index is 0.402. The lowest BCUT2D eigenvalue weighted by Gasteiger charge is -2.40. The molecule has 0 amide bonds. The Labute approximate surface area is 123 Å². The van der Waals surface area contributed by atoms with Crippen LogP contribution in [0.1, 0.15) is 56.2 Å². The van der Waals surface area contributed by atoms with Gasteiger partial charge < -0.3 is 10.4 Å². The Morgan fingerprint density at radius 3 is 2.40 bits per heavy atom. The highest BCUT2D eigenvalue weighted by Crippen LogP contribution is 2.39. The zero-order valence-corrected chi connectivity index (χ0v) is 13.4. The monoisotopic (exact) mass is 275 g/mol. The molecule has 2 heteroatoms. The first-order valence-electron chi connectivity index (χ1n) is 7.80. The van der Waals surface area contributed by atoms with Gasteiger partial charge in [-0.1, -0.05) is 32.0 Å². The summed E-state index contributed by atoms with van der Waals surface area (Å²) in [7, 11) is 0. The molecule has 1 aromatic rings. The molecule has 1 aliphatic carbocycles. The Bertz CT molecular complexity index is 454. The van der Waals surface area contributed by atoms with Gasteiger partial charge in [0.1, 0.15) is 0 Å². The van der Waals surface area contributed by atoms with E-state index in [2.05, 4.69) is 51.2 Å². The van der Waals surface area contributed by atoms with Gasteiger partial charge in [0, 0.05) is 13.1 Å². The number of hydrogen-bond acceptors (Lipinski definition) is 2. The third kappa shape index (κ3) is 3.83. The van der Waals surface area contributed by atoms with Crippen molar-refractivity contribution in [2.45, 2.75) is 65.5 Å². The highest BCUT2D eigenvalue weighted by Gasteiger charge is 2.36. The molecule has 0 unspecified atom stereocenters. The van der Waals surface area contributed by atoms with Gasteiger partial charge >= 0.3 is 0 Å². The van der Waals surface area contributed by atoms with E-state index in [9.17, 15) is 5.11 Å². The topological polar surface area (TPSA) is 32.3 Å². The summed E-state index contributed by atoms with van der Waals surface area (Å²) in [5.74, 6) is 0. The molecule has 2 rings (SSSR count). The molecule has 0 heterocycles. The third-order valence-corrected chi connectivity index (χ3v) is 5.02. The van der Waals surface area contributed by atoms with Crippen LogP contribution in [0.15, 0.2) is 18.2 Å². The van der Waals surface area contributed by atoms with Crippen LogP contribution < -0.4 is 5.32 Å². The number of aryl methyl sites for hydroxylation is 1. The molecule has 2 N–H and O–H groups in total. The largest absolute Gasteiger partial charge is 0.389 e. The summed E-state index contributed by atoms with van der Waals surface area (Å²) >= 11 is 0. The fourth-order valence-electron chi connectivity index (χ4n) is 3.00. The van der Waals surface area contributed by atoms with Crippen LogP contribution in [-0.2, 0) is 6.54 Å². The minimum Gasteiger partial charge on any atom is -0.389 e. The Hall–Kier alpha value is -0.860. The van der Waals surface area contributed by atoms with Crippen molar-refractivity contribution < 1.29 is 5.11 Å². The highest BCUT2D eigenvalue weighted by molar-refractivity contribution is 5.32. The number of aliphatic hydroxyl groups is 1. The Morgan fingerprint density at radius 1 is 1.10 bits per heavy atom. The second-order valence-electron chi connectivity index (χ2n) is 7.35. The summed E-state index contributed by atoms with van der Waals surface area (Å²) in [5, 5.41) is 14.1. The van der Waals surface area contributed by atoms with Gasteiger partial charge in [0.05, 0.1) is 5.60 Å². The van der Waals surface area contributed by atoms with E-state index in [-0.39, 0.29) is 0 Å². The summed E-state index contributed by atoms with van der Waals surface area (Å²) in [4.78, 5) is 0. The summed E-state index contributed by atoms with van der Waals surface area (Å²) in [6, 6.07) is 6.43. The van der Waals surface area contributed by atoms with E-state index < -0.39 is 5.60 Å². The van der Waals surface area contributed by atoms with Gasteiger partial charge in [-0.05, 0) is 61.6 Å². The molecule has 0 aromatic heterocycles. The molecule has 20 heavy (non-hydrogen) atoms. The van der Waals surface area contributed by atoms with Gasteiger partial charge in [-0.15, -0.1) is 0 Å². The predicted molar refractivity (Wildman–Crippen MR) is 84.8 cm³/mol. The van der Waals surface area contributed by atoms with Crippen molar-refractivity contribution in [3.63, 3.8) is 0 Å². The van der Waals surface area contributed by atoms with E-state index in [0.717, 1.165) is 32.2 Å². The van der Waals surface area contributed by atoms with Crippen LogP contribution in [0, 0.1) is 19.3 Å². The number of nitrogens with one attached hydrogen (secondary N) is 1. The van der Waals surface area contributed by atoms with Crippen LogP contribution in [0.3, 0.4) is 0 Å². The van der Waals surface area contributed by atoms with Crippen LogP contribution >= 0.6 is 0 Å². The van der Waals surface area contributed by atoms with Gasteiger partial charge in [0.15, 0.2) is 0 Å². The summed E-state index contributed by atoms with van der Waals surface area (Å²) < 4.78 is 0. The van der Waals surface area contributed by atoms with Crippen LogP contribution in [0.4, 0.5) is 0 Å². The molecule has 2 nitrogen and oxygen atoms in total. The van der Waals surface area contributed by atoms with Gasteiger partial charge in [0.25, 0.3) is 0 Å². The fraction of sp³-hybridized carbons (Fsp3) is 0.667. The first kappa shape index (κ1) is 15.5. The molecule has 0 aliphatic heterocycles. The predicted octanol–water partition coefficient (Wildman–Crippen LogP) is 3.72. The standard InChI is InChI=1S/C18H29NO/c1-14-6-5-7-16(15(14)2)12-19-13-18(20)10-8-17(3,4)9-11-18/h5-7,19-20H,8-13H2,1-4H3. The number of benzene rings is 1. The van der Waals surface area contributed by atoms with E-state index in [1.54, 1.807) is 0 Å². The van der Waals surface area contributed by atoms with E-state index in [1.807, 2.05) is 0 Å². The van der Waals surface area contributed by atoms with Crippen LogP contribution in [0.5, 0.6) is 0 Å². The smallest absolute Gasteiger partial charge is 0.0772 e. The Kier molecular flexibility index (Phi) is 4.55. The fourth-order valence-corrected chi connectivity index (χ4v) is 3.00. The molecule has 0 spiro atoms. The van der Waals surface area contributed by atoms with Crippen molar-refractivity contribution in [3.05, 3.63) is 34.9 Å². The molecule has 1 saturated carbocycles. The van der Waals surface area contributed by atoms with Gasteiger partial charge in [-0.3, -0.25) is 0 Å². The third-order valence-electron chi connectivity index (χ3n) is 5.02. The normalized spacial score (nSPS) is 20.9. The Balaban J connectivity index is 1.85. The van der Waals surface area contributed by atoms with E-state index in [4.69, 9.17) is 0 Å². The molecule has 1 aromatic carbocycles. The van der Waals surface area contributed by atoms with E-state index in [1.165, 1.54) is 16.7 Å². The maximum atomic E-state index is 10.6. The highest BCUT2D eigenvalue weighted by atomic mass is 16.3. The van der Waals surface area contributed by atoms with Crippen LogP contribution in [0.2, 0.25) is 0 Å². The number of rotatable bonds is 4. The van der Waals surface area contributed by atoms with Crippen molar-refractivity contribution in [2.24, 2.45) is 5.41 Å². The SMILES string of the molecule is Cc1cccc(CNCC2(O)CCC(C)(C)CC2)c1C. The van der Waals surface area contributed by atoms with Crippen molar-refractivity contribution in [1.82, 2.24) is 5.32 Å². The molecule has 0 bridgehead atoms. The average molecular weight is 275 g/mol. The molecule has 1 fully saturated rings. The maximum absolute atomic E-state index is 10.6. The molecule has 0 atom stereocenters. The maximum Gasteiger partial charge on any atom is 0.0772 e. The summed E-state index contributed by atoms with van der Waals surface area (Å²) in [6.07, 6.45) is 4.07. The molecule has 1 aliphatic rings. The lowest BCUT2D eigenvalue weighted by atomic mass is 9.71. The molecule has 0 radical (unpaired) electrons. The summed E-state index contributed by atoms with van der Waals surface area (Å²) in [6.45, 7) is 10.5. The molecular formula is C18H29NO. The zero-order chi connectivity index (χ0) is 14.8. The number of hydrogen-bond donors (Lipinski definition) is 2. The lowest BCUT2D eigenvalue weighted by molar-refractivity contribution is -0.0245. The molecular weight excluding hydrogens is 246 g/mol. The lowest BCUT2D eigenvalue weighted by Crippen LogP contribution is -2.44. The summed E-state index contributed by atoms with van der Waals surface area (Å²) in [5.41, 5.74) is 3.93. The molecule has 112 valence electrons. The van der Waals surface area contributed by atoms with E-state index in [0.29, 0.717) is 12.0 Å². The van der Waals surface area contributed by atoms with Gasteiger partial charge in [-0.25, -0.2) is 0 Å². The van der Waals surface area contributed by atoms with Crippen molar-refractivity contribution in [3.8, 4) is 0 Å². The van der Waals surface area contributed by atoms with Gasteiger partial charge in [0.2, 0.25) is 0 Å². The first-order valence-corrected chi connectivity index (χ1v) is 7.80. The van der Waals surface area contributed by atoms with Crippen molar-refractivity contribution >= 4 is 0 Å². The zero-order valence-electron chi connectivity index (χ0n) is 13.4. The quantitative estimate of drug-likeness (QED) is 0.877.